The number of carbonyl (C=O) groups excluding carboxylic acids is 1. The third kappa shape index (κ3) is 5.49. The first-order valence-electron chi connectivity index (χ1n) is 7.87. The minimum atomic E-state index is 0.00142. The van der Waals surface area contributed by atoms with Crippen LogP contribution in [0.3, 0.4) is 0 Å². The molecule has 0 aromatic rings. The van der Waals surface area contributed by atoms with Gasteiger partial charge in [-0.3, -0.25) is 9.69 Å². The van der Waals surface area contributed by atoms with Gasteiger partial charge in [-0.2, -0.15) is 0 Å². The fourth-order valence-corrected chi connectivity index (χ4v) is 2.58. The van der Waals surface area contributed by atoms with E-state index in [1.807, 2.05) is 6.92 Å². The van der Waals surface area contributed by atoms with Crippen LogP contribution in [0.15, 0.2) is 0 Å². The van der Waals surface area contributed by atoms with Gasteiger partial charge in [-0.25, -0.2) is 0 Å². The lowest BCUT2D eigenvalue weighted by Crippen LogP contribution is -2.46. The van der Waals surface area contributed by atoms with E-state index >= 15 is 0 Å². The van der Waals surface area contributed by atoms with Crippen molar-refractivity contribution in [1.82, 2.24) is 10.2 Å². The summed E-state index contributed by atoms with van der Waals surface area (Å²) in [5.41, 5.74) is 0. The highest BCUT2D eigenvalue weighted by Crippen LogP contribution is 2.28. The molecule has 4 heteroatoms. The number of amides is 1. The second-order valence-corrected chi connectivity index (χ2v) is 5.94. The first-order valence-corrected chi connectivity index (χ1v) is 7.87. The van der Waals surface area contributed by atoms with Gasteiger partial charge < -0.3 is 10.1 Å². The molecule has 1 aliphatic carbocycles. The summed E-state index contributed by atoms with van der Waals surface area (Å²) in [5.74, 6) is 0.948. The number of nitrogens with zero attached hydrogens (tertiary/aromatic N) is 1. The smallest absolute Gasteiger partial charge is 0.237 e. The molecular weight excluding hydrogens is 240 g/mol. The van der Waals surface area contributed by atoms with Gasteiger partial charge in [-0.05, 0) is 51.6 Å². The van der Waals surface area contributed by atoms with Gasteiger partial charge in [0.05, 0.1) is 12.6 Å². The lowest BCUT2D eigenvalue weighted by Gasteiger charge is -2.26. The summed E-state index contributed by atoms with van der Waals surface area (Å²) in [5, 5.41) is 2.99. The molecule has 2 aliphatic rings. The van der Waals surface area contributed by atoms with Crippen LogP contribution in [0.1, 0.15) is 45.4 Å². The summed E-state index contributed by atoms with van der Waals surface area (Å²) in [7, 11) is 0. The van der Waals surface area contributed by atoms with Gasteiger partial charge in [0.1, 0.15) is 0 Å². The molecule has 0 radical (unpaired) electrons. The van der Waals surface area contributed by atoms with Gasteiger partial charge in [-0.15, -0.1) is 0 Å². The zero-order valence-electron chi connectivity index (χ0n) is 12.2. The van der Waals surface area contributed by atoms with Crippen molar-refractivity contribution in [3.63, 3.8) is 0 Å². The molecule has 1 saturated carbocycles. The molecule has 1 aliphatic heterocycles. The number of rotatable bonds is 7. The standard InChI is InChI=1S/C15H28N2O2/c1-13(17-9-4-2-3-5-10-17)15(18)16-8-11-19-12-14-6-7-14/h13-14H,2-12H2,1H3,(H,16,18). The van der Waals surface area contributed by atoms with Crippen molar-refractivity contribution in [1.29, 1.82) is 0 Å². The Bertz CT molecular complexity index is 271. The van der Waals surface area contributed by atoms with Crippen LogP contribution >= 0.6 is 0 Å². The number of ether oxygens (including phenoxy) is 1. The maximum Gasteiger partial charge on any atom is 0.237 e. The van der Waals surface area contributed by atoms with Gasteiger partial charge >= 0.3 is 0 Å². The number of carbonyl (C=O) groups is 1. The minimum absolute atomic E-state index is 0.00142. The Morgan fingerprint density at radius 1 is 1.26 bits per heavy atom. The predicted molar refractivity (Wildman–Crippen MR) is 76.1 cm³/mol. The zero-order valence-corrected chi connectivity index (χ0v) is 12.2. The Hall–Kier alpha value is -0.610. The summed E-state index contributed by atoms with van der Waals surface area (Å²) >= 11 is 0. The molecule has 1 atom stereocenters. The van der Waals surface area contributed by atoms with E-state index in [0.717, 1.165) is 25.6 Å². The van der Waals surface area contributed by atoms with Gasteiger partial charge in [0.2, 0.25) is 5.91 Å². The monoisotopic (exact) mass is 268 g/mol. The van der Waals surface area contributed by atoms with Crippen LogP contribution in [0.2, 0.25) is 0 Å². The Morgan fingerprint density at radius 2 is 1.95 bits per heavy atom. The molecule has 0 bridgehead atoms. The average Bonchev–Trinajstić information content (AvgIpc) is 3.23. The second kappa shape index (κ2) is 7.85. The van der Waals surface area contributed by atoms with Gasteiger partial charge in [0.15, 0.2) is 0 Å². The summed E-state index contributed by atoms with van der Waals surface area (Å²) in [6.07, 6.45) is 7.70. The molecule has 1 N–H and O–H groups in total. The number of hydrogen-bond donors (Lipinski definition) is 1. The number of likely N-dealkylation sites (tertiary alicyclic amines) is 1. The Kier molecular flexibility index (Phi) is 6.11. The molecule has 4 nitrogen and oxygen atoms in total. The molecular formula is C15H28N2O2. The van der Waals surface area contributed by atoms with Crippen molar-refractivity contribution in [2.75, 3.05) is 32.8 Å². The molecule has 19 heavy (non-hydrogen) atoms. The second-order valence-electron chi connectivity index (χ2n) is 5.94. The van der Waals surface area contributed by atoms with Crippen LogP contribution in [-0.4, -0.2) is 49.7 Å². The molecule has 0 aromatic heterocycles. The van der Waals surface area contributed by atoms with Crippen LogP contribution < -0.4 is 5.32 Å². The Morgan fingerprint density at radius 3 is 2.58 bits per heavy atom. The average molecular weight is 268 g/mol. The van der Waals surface area contributed by atoms with E-state index in [4.69, 9.17) is 4.74 Å². The number of nitrogens with one attached hydrogen (secondary N) is 1. The van der Waals surface area contributed by atoms with Crippen LogP contribution in [0.4, 0.5) is 0 Å². The summed E-state index contributed by atoms with van der Waals surface area (Å²) in [6.45, 7) is 6.31. The fourth-order valence-electron chi connectivity index (χ4n) is 2.58. The van der Waals surface area contributed by atoms with Gasteiger partial charge in [0.25, 0.3) is 0 Å². The Balaban J connectivity index is 1.57. The maximum atomic E-state index is 12.1. The van der Waals surface area contributed by atoms with E-state index in [0.29, 0.717) is 13.2 Å². The predicted octanol–water partition coefficient (Wildman–Crippen LogP) is 1.79. The van der Waals surface area contributed by atoms with E-state index in [-0.39, 0.29) is 11.9 Å². The molecule has 0 aromatic carbocycles. The molecule has 110 valence electrons. The Labute approximate surface area is 116 Å². The van der Waals surface area contributed by atoms with E-state index in [9.17, 15) is 4.79 Å². The lowest BCUT2D eigenvalue weighted by molar-refractivity contribution is -0.126. The topological polar surface area (TPSA) is 41.6 Å². The van der Waals surface area contributed by atoms with E-state index in [1.54, 1.807) is 0 Å². The molecule has 1 amide bonds. The minimum Gasteiger partial charge on any atom is -0.379 e. The highest BCUT2D eigenvalue weighted by Gasteiger charge is 2.22. The quantitative estimate of drug-likeness (QED) is 0.716. The maximum absolute atomic E-state index is 12.1. The van der Waals surface area contributed by atoms with E-state index in [1.165, 1.54) is 38.5 Å². The normalized spacial score (nSPS) is 22.8. The molecule has 1 heterocycles. The first kappa shape index (κ1) is 14.8. The summed E-state index contributed by atoms with van der Waals surface area (Å²) in [4.78, 5) is 14.4. The molecule has 2 fully saturated rings. The van der Waals surface area contributed by atoms with Crippen molar-refractivity contribution in [3.8, 4) is 0 Å². The van der Waals surface area contributed by atoms with Crippen molar-refractivity contribution in [2.24, 2.45) is 5.92 Å². The van der Waals surface area contributed by atoms with Crippen molar-refractivity contribution >= 4 is 5.91 Å². The zero-order chi connectivity index (χ0) is 13.5. The van der Waals surface area contributed by atoms with Crippen LogP contribution in [0.5, 0.6) is 0 Å². The third-order valence-corrected chi connectivity index (χ3v) is 4.16. The van der Waals surface area contributed by atoms with Gasteiger partial charge in [-0.1, -0.05) is 12.8 Å². The van der Waals surface area contributed by atoms with Gasteiger partial charge in [0, 0.05) is 13.2 Å². The van der Waals surface area contributed by atoms with Crippen molar-refractivity contribution in [2.45, 2.75) is 51.5 Å². The van der Waals surface area contributed by atoms with Crippen LogP contribution in [-0.2, 0) is 9.53 Å². The molecule has 1 unspecified atom stereocenters. The van der Waals surface area contributed by atoms with Crippen molar-refractivity contribution in [3.05, 3.63) is 0 Å². The highest BCUT2D eigenvalue weighted by molar-refractivity contribution is 5.81. The SMILES string of the molecule is CC(C(=O)NCCOCC1CC1)N1CCCCCC1. The summed E-state index contributed by atoms with van der Waals surface area (Å²) < 4.78 is 5.52. The molecule has 2 rings (SSSR count). The van der Waals surface area contributed by atoms with Crippen molar-refractivity contribution < 1.29 is 9.53 Å². The summed E-state index contributed by atoms with van der Waals surface area (Å²) in [6, 6.07) is 0.00142. The molecule has 1 saturated heterocycles. The van der Waals surface area contributed by atoms with Crippen LogP contribution in [0, 0.1) is 5.92 Å². The number of hydrogen-bond acceptors (Lipinski definition) is 3. The van der Waals surface area contributed by atoms with E-state index < -0.39 is 0 Å². The molecule has 0 spiro atoms. The van der Waals surface area contributed by atoms with E-state index in [2.05, 4.69) is 10.2 Å². The third-order valence-electron chi connectivity index (χ3n) is 4.16. The first-order chi connectivity index (χ1) is 9.27. The fraction of sp³-hybridized carbons (Fsp3) is 0.933. The largest absolute Gasteiger partial charge is 0.379 e. The highest BCUT2D eigenvalue weighted by atomic mass is 16.5. The van der Waals surface area contributed by atoms with Crippen LogP contribution in [0.25, 0.3) is 0 Å². The lowest BCUT2D eigenvalue weighted by atomic mass is 10.2.